The number of rotatable bonds is 3. The number of amides is 1. The van der Waals surface area contributed by atoms with E-state index >= 15 is 0 Å². The van der Waals surface area contributed by atoms with E-state index in [0.29, 0.717) is 6.54 Å². The van der Waals surface area contributed by atoms with E-state index in [-0.39, 0.29) is 11.3 Å². The van der Waals surface area contributed by atoms with E-state index in [1.807, 2.05) is 41.4 Å². The summed E-state index contributed by atoms with van der Waals surface area (Å²) in [6.07, 6.45) is 7.16. The molecule has 1 unspecified atom stereocenters. The molecule has 1 amide bonds. The predicted molar refractivity (Wildman–Crippen MR) is 96.5 cm³/mol. The van der Waals surface area contributed by atoms with Crippen molar-refractivity contribution in [2.24, 2.45) is 5.41 Å². The molecule has 7 heteroatoms. The van der Waals surface area contributed by atoms with Crippen molar-refractivity contribution in [3.63, 3.8) is 0 Å². The Morgan fingerprint density at radius 2 is 1.96 bits per heavy atom. The highest BCUT2D eigenvalue weighted by Gasteiger charge is 2.50. The minimum Gasteiger partial charge on any atom is -0.354 e. The molecular formula is C19H20N6O. The van der Waals surface area contributed by atoms with Crippen molar-refractivity contribution in [2.45, 2.75) is 19.4 Å². The summed E-state index contributed by atoms with van der Waals surface area (Å²) in [5, 5.41) is 4.63. The van der Waals surface area contributed by atoms with Crippen LogP contribution in [0.15, 0.2) is 48.9 Å². The summed E-state index contributed by atoms with van der Waals surface area (Å²) in [5.74, 6) is 1.16. The van der Waals surface area contributed by atoms with Crippen molar-refractivity contribution in [1.82, 2.24) is 24.5 Å². The van der Waals surface area contributed by atoms with Crippen LogP contribution in [-0.4, -0.2) is 50.0 Å². The summed E-state index contributed by atoms with van der Waals surface area (Å²) in [6, 6.07) is 9.80. The molecule has 5 rings (SSSR count). The van der Waals surface area contributed by atoms with Crippen LogP contribution in [0.2, 0.25) is 0 Å². The highest BCUT2D eigenvalue weighted by atomic mass is 16.2. The number of imidazole rings is 1. The molecule has 0 saturated carbocycles. The largest absolute Gasteiger partial charge is 0.354 e. The lowest BCUT2D eigenvalue weighted by atomic mass is 9.85. The maximum atomic E-state index is 13.1. The van der Waals surface area contributed by atoms with Gasteiger partial charge in [0.1, 0.15) is 5.82 Å². The molecule has 26 heavy (non-hydrogen) atoms. The molecule has 0 bridgehead atoms. The fraction of sp³-hybridized carbons (Fsp3) is 0.368. The van der Waals surface area contributed by atoms with Crippen molar-refractivity contribution in [3.8, 4) is 0 Å². The first-order valence-corrected chi connectivity index (χ1v) is 8.98. The fourth-order valence-corrected chi connectivity index (χ4v) is 4.15. The summed E-state index contributed by atoms with van der Waals surface area (Å²) in [4.78, 5) is 25.9. The number of likely N-dealkylation sites (tertiary alicyclic amines) is 1. The van der Waals surface area contributed by atoms with Crippen LogP contribution < -0.4 is 4.90 Å². The number of pyridine rings is 1. The van der Waals surface area contributed by atoms with Gasteiger partial charge in [-0.25, -0.2) is 9.50 Å². The number of fused-ring (bicyclic) bond motifs is 1. The lowest BCUT2D eigenvalue weighted by Gasteiger charge is -2.24. The van der Waals surface area contributed by atoms with Crippen LogP contribution in [0.5, 0.6) is 0 Å². The Labute approximate surface area is 151 Å². The molecule has 0 aliphatic carbocycles. The SMILES string of the molecule is O=C1N(Cc2ccccn2)CCC12CCN(c1ccc3nccn3n1)C2. The molecule has 132 valence electrons. The number of hydrogen-bond donors (Lipinski definition) is 0. The topological polar surface area (TPSA) is 66.6 Å². The highest BCUT2D eigenvalue weighted by Crippen LogP contribution is 2.42. The van der Waals surface area contributed by atoms with Gasteiger partial charge in [0, 0.05) is 38.2 Å². The zero-order chi connectivity index (χ0) is 17.6. The minimum absolute atomic E-state index is 0.259. The summed E-state index contributed by atoms with van der Waals surface area (Å²) in [7, 11) is 0. The van der Waals surface area contributed by atoms with E-state index in [1.54, 1.807) is 16.9 Å². The highest BCUT2D eigenvalue weighted by molar-refractivity contribution is 5.86. The van der Waals surface area contributed by atoms with Crippen molar-refractivity contribution in [3.05, 3.63) is 54.6 Å². The molecule has 2 saturated heterocycles. The second-order valence-electron chi connectivity index (χ2n) is 7.17. The summed E-state index contributed by atoms with van der Waals surface area (Å²) in [5.41, 5.74) is 1.50. The average Bonchev–Trinajstić information content (AvgIpc) is 3.38. The zero-order valence-electron chi connectivity index (χ0n) is 14.5. The van der Waals surface area contributed by atoms with Gasteiger partial charge < -0.3 is 9.80 Å². The summed E-state index contributed by atoms with van der Waals surface area (Å²) in [6.45, 7) is 2.99. The Balaban J connectivity index is 1.33. The van der Waals surface area contributed by atoms with Crippen LogP contribution in [0.4, 0.5) is 5.82 Å². The monoisotopic (exact) mass is 348 g/mol. The third kappa shape index (κ3) is 2.42. The van der Waals surface area contributed by atoms with Crippen LogP contribution in [0.25, 0.3) is 5.65 Å². The zero-order valence-corrected chi connectivity index (χ0v) is 14.5. The van der Waals surface area contributed by atoms with E-state index in [4.69, 9.17) is 0 Å². The Bertz CT molecular complexity index is 955. The van der Waals surface area contributed by atoms with Crippen LogP contribution in [0.3, 0.4) is 0 Å². The van der Waals surface area contributed by atoms with Crippen molar-refractivity contribution >= 4 is 17.4 Å². The van der Waals surface area contributed by atoms with Crippen molar-refractivity contribution < 1.29 is 4.79 Å². The van der Waals surface area contributed by atoms with E-state index in [0.717, 1.165) is 49.6 Å². The third-order valence-electron chi connectivity index (χ3n) is 5.60. The quantitative estimate of drug-likeness (QED) is 0.721. The molecule has 3 aromatic heterocycles. The van der Waals surface area contributed by atoms with Gasteiger partial charge in [-0.05, 0) is 37.1 Å². The normalized spacial score (nSPS) is 22.8. The van der Waals surface area contributed by atoms with Gasteiger partial charge >= 0.3 is 0 Å². The van der Waals surface area contributed by atoms with Crippen molar-refractivity contribution in [2.75, 3.05) is 24.5 Å². The van der Waals surface area contributed by atoms with Gasteiger partial charge in [0.15, 0.2) is 5.65 Å². The van der Waals surface area contributed by atoms with Crippen molar-refractivity contribution in [1.29, 1.82) is 0 Å². The van der Waals surface area contributed by atoms with Gasteiger partial charge in [0.25, 0.3) is 0 Å². The molecule has 7 nitrogen and oxygen atoms in total. The van der Waals surface area contributed by atoms with Crippen LogP contribution in [-0.2, 0) is 11.3 Å². The van der Waals surface area contributed by atoms with E-state index in [2.05, 4.69) is 20.0 Å². The standard InChI is InChI=1S/C19H20N6O/c26-18-19(6-10-23(18)13-15-3-1-2-8-20-15)7-11-24(14-19)17-5-4-16-21-9-12-25(16)22-17/h1-5,8-9,12H,6-7,10-11,13-14H2. The van der Waals surface area contributed by atoms with Gasteiger partial charge in [-0.2, -0.15) is 0 Å². The Morgan fingerprint density at radius 1 is 1.04 bits per heavy atom. The molecule has 0 N–H and O–H groups in total. The van der Waals surface area contributed by atoms with Crippen LogP contribution in [0, 0.1) is 5.41 Å². The Morgan fingerprint density at radius 3 is 2.85 bits per heavy atom. The van der Waals surface area contributed by atoms with Gasteiger partial charge in [-0.3, -0.25) is 9.78 Å². The third-order valence-corrected chi connectivity index (χ3v) is 5.60. The molecule has 5 heterocycles. The van der Waals surface area contributed by atoms with E-state index in [1.165, 1.54) is 0 Å². The number of aromatic nitrogens is 4. The summed E-state index contributed by atoms with van der Waals surface area (Å²) >= 11 is 0. The average molecular weight is 348 g/mol. The smallest absolute Gasteiger partial charge is 0.231 e. The van der Waals surface area contributed by atoms with Crippen LogP contribution in [0.1, 0.15) is 18.5 Å². The number of hydrogen-bond acceptors (Lipinski definition) is 5. The number of carbonyl (C=O) groups is 1. The minimum atomic E-state index is -0.277. The van der Waals surface area contributed by atoms with Gasteiger partial charge in [0.2, 0.25) is 5.91 Å². The molecule has 2 fully saturated rings. The Hall–Kier alpha value is -2.96. The summed E-state index contributed by atoms with van der Waals surface area (Å²) < 4.78 is 1.78. The van der Waals surface area contributed by atoms with Gasteiger partial charge in [0.05, 0.1) is 17.7 Å². The predicted octanol–water partition coefficient (Wildman–Crippen LogP) is 1.75. The molecule has 0 radical (unpaired) electrons. The molecule has 3 aromatic rings. The molecule has 2 aliphatic rings. The first kappa shape index (κ1) is 15.3. The fourth-order valence-electron chi connectivity index (χ4n) is 4.15. The number of anilines is 1. The van der Waals surface area contributed by atoms with Crippen LogP contribution >= 0.6 is 0 Å². The first-order chi connectivity index (χ1) is 12.7. The molecular weight excluding hydrogens is 328 g/mol. The van der Waals surface area contributed by atoms with E-state index in [9.17, 15) is 4.79 Å². The Kier molecular flexibility index (Phi) is 3.41. The lowest BCUT2D eigenvalue weighted by Crippen LogP contribution is -2.37. The van der Waals surface area contributed by atoms with Gasteiger partial charge in [-0.15, -0.1) is 5.10 Å². The number of nitrogens with zero attached hydrogens (tertiary/aromatic N) is 6. The number of carbonyl (C=O) groups excluding carboxylic acids is 1. The molecule has 2 aliphatic heterocycles. The lowest BCUT2D eigenvalue weighted by molar-refractivity contribution is -0.135. The maximum Gasteiger partial charge on any atom is 0.231 e. The van der Waals surface area contributed by atoms with E-state index < -0.39 is 0 Å². The molecule has 1 atom stereocenters. The molecule has 0 aromatic carbocycles. The maximum absolute atomic E-state index is 13.1. The molecule has 1 spiro atoms. The second kappa shape index (κ2) is 5.79. The van der Waals surface area contributed by atoms with Gasteiger partial charge in [-0.1, -0.05) is 6.07 Å². The first-order valence-electron chi connectivity index (χ1n) is 8.98. The second-order valence-corrected chi connectivity index (χ2v) is 7.17.